The van der Waals surface area contributed by atoms with Crippen LogP contribution in [-0.4, -0.2) is 40.5 Å². The standard InChI is InChI=1S/C15H18FN5O.ClH/c16-12-1-3-13(4-2-12)21-19-10-14(20-21)15(22)18-8-6-11-5-7-17-9-11;/h1-4,10-11,17H,5-9H2,(H,18,22);1H. The fraction of sp³-hybridized carbons (Fsp3) is 0.400. The molecule has 1 aliphatic heterocycles. The van der Waals surface area contributed by atoms with E-state index in [1.807, 2.05) is 0 Å². The fourth-order valence-corrected chi connectivity index (χ4v) is 2.51. The second kappa shape index (κ2) is 8.03. The van der Waals surface area contributed by atoms with Gasteiger partial charge in [0.1, 0.15) is 5.82 Å². The van der Waals surface area contributed by atoms with Gasteiger partial charge in [-0.25, -0.2) is 4.39 Å². The normalized spacial score (nSPS) is 16.8. The number of halogens is 2. The number of nitrogens with zero attached hydrogens (tertiary/aromatic N) is 3. The quantitative estimate of drug-likeness (QED) is 0.867. The number of benzene rings is 1. The molecule has 2 aromatic rings. The average Bonchev–Trinajstić information content (AvgIpc) is 3.19. The number of rotatable bonds is 5. The minimum atomic E-state index is -0.324. The molecular formula is C15H19ClFN5O. The monoisotopic (exact) mass is 339 g/mol. The van der Waals surface area contributed by atoms with Gasteiger partial charge in [-0.1, -0.05) is 0 Å². The van der Waals surface area contributed by atoms with Crippen molar-refractivity contribution in [1.29, 1.82) is 0 Å². The van der Waals surface area contributed by atoms with Crippen molar-refractivity contribution >= 4 is 18.3 Å². The SMILES string of the molecule is Cl.O=C(NCCC1CCNC1)c1cnn(-c2ccc(F)cc2)n1. The summed E-state index contributed by atoms with van der Waals surface area (Å²) in [6.45, 7) is 2.72. The van der Waals surface area contributed by atoms with Crippen LogP contribution in [-0.2, 0) is 0 Å². The zero-order valence-electron chi connectivity index (χ0n) is 12.5. The van der Waals surface area contributed by atoms with E-state index in [2.05, 4.69) is 20.8 Å². The number of hydrogen-bond donors (Lipinski definition) is 2. The Morgan fingerprint density at radius 2 is 2.17 bits per heavy atom. The molecule has 1 atom stereocenters. The number of carbonyl (C=O) groups is 1. The number of amides is 1. The van der Waals surface area contributed by atoms with Gasteiger partial charge in [-0.2, -0.15) is 9.90 Å². The Hall–Kier alpha value is -1.99. The Morgan fingerprint density at radius 1 is 1.39 bits per heavy atom. The maximum Gasteiger partial charge on any atom is 0.273 e. The molecule has 2 N–H and O–H groups in total. The van der Waals surface area contributed by atoms with Gasteiger partial charge >= 0.3 is 0 Å². The first-order valence-corrected chi connectivity index (χ1v) is 7.39. The van der Waals surface area contributed by atoms with Gasteiger partial charge in [0, 0.05) is 6.54 Å². The summed E-state index contributed by atoms with van der Waals surface area (Å²) in [5.41, 5.74) is 0.867. The highest BCUT2D eigenvalue weighted by molar-refractivity contribution is 5.91. The predicted molar refractivity (Wildman–Crippen MR) is 86.5 cm³/mol. The lowest BCUT2D eigenvalue weighted by atomic mass is 10.1. The van der Waals surface area contributed by atoms with Gasteiger partial charge in [0.05, 0.1) is 11.9 Å². The van der Waals surface area contributed by atoms with Crippen molar-refractivity contribution in [2.45, 2.75) is 12.8 Å². The van der Waals surface area contributed by atoms with Crippen LogP contribution in [0.1, 0.15) is 23.3 Å². The largest absolute Gasteiger partial charge is 0.351 e. The van der Waals surface area contributed by atoms with Crippen molar-refractivity contribution < 1.29 is 9.18 Å². The molecule has 3 rings (SSSR count). The molecule has 1 saturated heterocycles. The van der Waals surface area contributed by atoms with Crippen LogP contribution >= 0.6 is 12.4 Å². The summed E-state index contributed by atoms with van der Waals surface area (Å²) in [5, 5.41) is 14.3. The minimum absolute atomic E-state index is 0. The van der Waals surface area contributed by atoms with Gasteiger partial charge in [0.2, 0.25) is 0 Å². The lowest BCUT2D eigenvalue weighted by Crippen LogP contribution is -2.26. The summed E-state index contributed by atoms with van der Waals surface area (Å²) >= 11 is 0. The first-order chi connectivity index (χ1) is 10.7. The summed E-state index contributed by atoms with van der Waals surface area (Å²) in [4.78, 5) is 13.3. The van der Waals surface area contributed by atoms with Crippen LogP contribution in [0, 0.1) is 11.7 Å². The van der Waals surface area contributed by atoms with E-state index in [1.165, 1.54) is 23.1 Å². The molecule has 0 saturated carbocycles. The molecule has 8 heteroatoms. The Bertz CT molecular complexity index is 640. The van der Waals surface area contributed by atoms with Crippen molar-refractivity contribution in [2.24, 2.45) is 5.92 Å². The van der Waals surface area contributed by atoms with Crippen molar-refractivity contribution in [3.63, 3.8) is 0 Å². The van der Waals surface area contributed by atoms with Crippen LogP contribution in [0.15, 0.2) is 30.5 Å². The third-order valence-electron chi connectivity index (χ3n) is 3.78. The van der Waals surface area contributed by atoms with Gasteiger partial charge in [-0.3, -0.25) is 4.79 Å². The molecule has 1 fully saturated rings. The van der Waals surface area contributed by atoms with Crippen LogP contribution in [0.4, 0.5) is 4.39 Å². The lowest BCUT2D eigenvalue weighted by Gasteiger charge is -2.08. The maximum atomic E-state index is 12.9. The molecule has 124 valence electrons. The third-order valence-corrected chi connectivity index (χ3v) is 3.78. The van der Waals surface area contributed by atoms with Gasteiger partial charge in [-0.15, -0.1) is 17.5 Å². The summed E-state index contributed by atoms with van der Waals surface area (Å²) in [7, 11) is 0. The molecule has 6 nitrogen and oxygen atoms in total. The Balaban J connectivity index is 0.00000192. The summed E-state index contributed by atoms with van der Waals surface area (Å²) in [6.07, 6.45) is 3.54. The highest BCUT2D eigenvalue weighted by atomic mass is 35.5. The Kier molecular flexibility index (Phi) is 6.06. The fourth-order valence-electron chi connectivity index (χ4n) is 2.51. The molecule has 1 aliphatic rings. The van der Waals surface area contributed by atoms with Crippen LogP contribution < -0.4 is 10.6 Å². The molecule has 1 aromatic carbocycles. The van der Waals surface area contributed by atoms with Gasteiger partial charge in [0.25, 0.3) is 5.91 Å². The van der Waals surface area contributed by atoms with Crippen molar-refractivity contribution in [2.75, 3.05) is 19.6 Å². The first kappa shape index (κ1) is 17.4. The smallest absolute Gasteiger partial charge is 0.273 e. The van der Waals surface area contributed by atoms with Gasteiger partial charge < -0.3 is 10.6 Å². The average molecular weight is 340 g/mol. The van der Waals surface area contributed by atoms with Gasteiger partial charge in [-0.05, 0) is 56.1 Å². The third kappa shape index (κ3) is 4.49. The number of aromatic nitrogens is 3. The summed E-state index contributed by atoms with van der Waals surface area (Å²) < 4.78 is 12.9. The van der Waals surface area contributed by atoms with Crippen LogP contribution in [0.3, 0.4) is 0 Å². The zero-order chi connectivity index (χ0) is 15.4. The lowest BCUT2D eigenvalue weighted by molar-refractivity contribution is 0.0946. The van der Waals surface area contributed by atoms with E-state index >= 15 is 0 Å². The van der Waals surface area contributed by atoms with Crippen molar-refractivity contribution in [3.05, 3.63) is 42.0 Å². The number of carbonyl (C=O) groups excluding carboxylic acids is 1. The van der Waals surface area contributed by atoms with E-state index in [0.29, 0.717) is 18.2 Å². The topological polar surface area (TPSA) is 71.8 Å². The van der Waals surface area contributed by atoms with E-state index in [0.717, 1.165) is 25.9 Å². The number of hydrogen-bond acceptors (Lipinski definition) is 4. The number of nitrogens with one attached hydrogen (secondary N) is 2. The van der Waals surface area contributed by atoms with E-state index in [-0.39, 0.29) is 29.8 Å². The van der Waals surface area contributed by atoms with E-state index in [1.54, 1.807) is 12.1 Å². The first-order valence-electron chi connectivity index (χ1n) is 7.39. The van der Waals surface area contributed by atoms with E-state index in [9.17, 15) is 9.18 Å². The molecule has 1 unspecified atom stereocenters. The molecule has 0 radical (unpaired) electrons. The molecule has 0 aliphatic carbocycles. The Morgan fingerprint density at radius 3 is 2.87 bits per heavy atom. The molecule has 0 bridgehead atoms. The molecular weight excluding hydrogens is 321 g/mol. The molecule has 2 heterocycles. The molecule has 1 aromatic heterocycles. The van der Waals surface area contributed by atoms with Crippen LogP contribution in [0.5, 0.6) is 0 Å². The second-order valence-electron chi connectivity index (χ2n) is 5.40. The summed E-state index contributed by atoms with van der Waals surface area (Å²) in [5.74, 6) is 0.0739. The molecule has 1 amide bonds. The predicted octanol–water partition coefficient (Wildman–Crippen LogP) is 1.56. The maximum absolute atomic E-state index is 12.9. The van der Waals surface area contributed by atoms with E-state index < -0.39 is 0 Å². The molecule has 0 spiro atoms. The highest BCUT2D eigenvalue weighted by Crippen LogP contribution is 2.11. The minimum Gasteiger partial charge on any atom is -0.351 e. The summed E-state index contributed by atoms with van der Waals surface area (Å²) in [6, 6.07) is 5.77. The Labute approximate surface area is 139 Å². The van der Waals surface area contributed by atoms with Crippen molar-refractivity contribution in [3.8, 4) is 5.69 Å². The highest BCUT2D eigenvalue weighted by Gasteiger charge is 2.15. The van der Waals surface area contributed by atoms with Gasteiger partial charge in [0.15, 0.2) is 5.69 Å². The zero-order valence-corrected chi connectivity index (χ0v) is 13.4. The van der Waals surface area contributed by atoms with E-state index in [4.69, 9.17) is 0 Å². The van der Waals surface area contributed by atoms with Crippen LogP contribution in [0.2, 0.25) is 0 Å². The second-order valence-corrected chi connectivity index (χ2v) is 5.40. The van der Waals surface area contributed by atoms with Crippen molar-refractivity contribution in [1.82, 2.24) is 25.6 Å². The molecule has 23 heavy (non-hydrogen) atoms. The van der Waals surface area contributed by atoms with Crippen LogP contribution in [0.25, 0.3) is 5.69 Å².